The van der Waals surface area contributed by atoms with Crippen LogP contribution < -0.4 is 5.69 Å². The highest BCUT2D eigenvalue weighted by molar-refractivity contribution is 9.10. The summed E-state index contributed by atoms with van der Waals surface area (Å²) in [5.74, 6) is -0.141. The van der Waals surface area contributed by atoms with E-state index >= 15 is 0 Å². The summed E-state index contributed by atoms with van der Waals surface area (Å²) in [6.45, 7) is 0. The lowest BCUT2D eigenvalue weighted by atomic mass is 10.0. The lowest BCUT2D eigenvalue weighted by Gasteiger charge is -2.04. The number of nitrogens with one attached hydrogen (secondary N) is 2. The summed E-state index contributed by atoms with van der Waals surface area (Å²) in [6, 6.07) is 10.0. The maximum atomic E-state index is 12.5. The molecule has 0 saturated heterocycles. The monoisotopic (exact) mass is 350 g/mol. The predicted octanol–water partition coefficient (Wildman–Crippen LogP) is 3.50. The molecule has 0 saturated carbocycles. The van der Waals surface area contributed by atoms with Gasteiger partial charge in [0.25, 0.3) is 0 Å². The topological polar surface area (TPSA) is 65.7 Å². The molecule has 4 nitrogen and oxygen atoms in total. The molecule has 2 aromatic carbocycles. The number of hydrogen-bond acceptors (Lipinski definition) is 2. The van der Waals surface area contributed by atoms with E-state index in [1.54, 1.807) is 36.4 Å². The van der Waals surface area contributed by atoms with Crippen molar-refractivity contribution in [1.29, 1.82) is 0 Å². The Balaban J connectivity index is 2.09. The third-order valence-corrected chi connectivity index (χ3v) is 3.85. The maximum absolute atomic E-state index is 12.5. The van der Waals surface area contributed by atoms with E-state index in [0.717, 1.165) is 0 Å². The molecule has 1 aromatic heterocycles. The smallest absolute Gasteiger partial charge is 0.306 e. The van der Waals surface area contributed by atoms with Crippen LogP contribution in [0.4, 0.5) is 0 Å². The molecule has 0 amide bonds. The molecule has 100 valence electrons. The highest BCUT2D eigenvalue weighted by Crippen LogP contribution is 2.24. The first kappa shape index (κ1) is 13.1. The Kier molecular flexibility index (Phi) is 3.23. The van der Waals surface area contributed by atoms with Gasteiger partial charge in [0, 0.05) is 20.6 Å². The molecule has 0 bridgehead atoms. The van der Waals surface area contributed by atoms with Gasteiger partial charge >= 0.3 is 5.69 Å². The minimum absolute atomic E-state index is 0.141. The summed E-state index contributed by atoms with van der Waals surface area (Å²) < 4.78 is 0.637. The van der Waals surface area contributed by atoms with Crippen LogP contribution in [0.15, 0.2) is 45.7 Å². The molecule has 0 aliphatic heterocycles. The largest absolute Gasteiger partial charge is 0.323 e. The summed E-state index contributed by atoms with van der Waals surface area (Å²) >= 11 is 9.19. The first-order valence-corrected chi connectivity index (χ1v) is 6.93. The number of ketones is 1. The Morgan fingerprint density at radius 1 is 1.05 bits per heavy atom. The molecule has 0 radical (unpaired) electrons. The van der Waals surface area contributed by atoms with E-state index in [1.165, 1.54) is 0 Å². The van der Waals surface area contributed by atoms with Crippen molar-refractivity contribution in [2.24, 2.45) is 0 Å². The zero-order valence-electron chi connectivity index (χ0n) is 10.0. The average molecular weight is 352 g/mol. The lowest BCUT2D eigenvalue weighted by Crippen LogP contribution is -2.02. The number of rotatable bonds is 2. The van der Waals surface area contributed by atoms with Crippen LogP contribution in [0.2, 0.25) is 5.02 Å². The number of carbonyl (C=O) groups excluding carboxylic acids is 1. The number of H-pyrrole nitrogens is 2. The van der Waals surface area contributed by atoms with E-state index < -0.39 is 0 Å². The molecule has 2 N–H and O–H groups in total. The van der Waals surface area contributed by atoms with E-state index in [2.05, 4.69) is 25.9 Å². The summed E-state index contributed by atoms with van der Waals surface area (Å²) in [6.07, 6.45) is 0. The molecule has 0 spiro atoms. The van der Waals surface area contributed by atoms with Crippen molar-refractivity contribution in [3.05, 3.63) is 67.5 Å². The van der Waals surface area contributed by atoms with Crippen molar-refractivity contribution >= 4 is 44.3 Å². The van der Waals surface area contributed by atoms with Crippen molar-refractivity contribution in [3.63, 3.8) is 0 Å². The van der Waals surface area contributed by atoms with Crippen LogP contribution in [-0.4, -0.2) is 15.8 Å². The summed E-state index contributed by atoms with van der Waals surface area (Å²) in [5.41, 5.74) is 1.99. The van der Waals surface area contributed by atoms with Gasteiger partial charge in [-0.15, -0.1) is 0 Å². The van der Waals surface area contributed by atoms with Crippen LogP contribution >= 0.6 is 27.5 Å². The van der Waals surface area contributed by atoms with Gasteiger partial charge in [-0.3, -0.25) is 4.79 Å². The highest BCUT2D eigenvalue weighted by atomic mass is 79.9. The first-order chi connectivity index (χ1) is 9.54. The quantitative estimate of drug-likeness (QED) is 0.694. The third-order valence-electron chi connectivity index (χ3n) is 2.95. The fourth-order valence-electron chi connectivity index (χ4n) is 2.00. The molecular formula is C14H8BrClN2O2. The number of aromatic amines is 2. The van der Waals surface area contributed by atoms with Gasteiger partial charge in [-0.05, 0) is 52.3 Å². The molecule has 0 aliphatic carbocycles. The van der Waals surface area contributed by atoms with Gasteiger partial charge in [-0.1, -0.05) is 11.6 Å². The number of carbonyl (C=O) groups is 1. The van der Waals surface area contributed by atoms with Crippen molar-refractivity contribution in [2.45, 2.75) is 0 Å². The molecule has 0 unspecified atom stereocenters. The number of aromatic nitrogens is 2. The maximum Gasteiger partial charge on any atom is 0.323 e. The SMILES string of the molecule is O=C(c1ccc2[nH]c(=O)[nH]c2c1)c1ccc(Cl)cc1Br. The van der Waals surface area contributed by atoms with E-state index in [1.807, 2.05) is 0 Å². The van der Waals surface area contributed by atoms with Crippen LogP contribution in [0.3, 0.4) is 0 Å². The second-order valence-corrected chi connectivity index (χ2v) is 5.58. The molecule has 6 heteroatoms. The van der Waals surface area contributed by atoms with Gasteiger partial charge in [0.15, 0.2) is 5.78 Å². The van der Waals surface area contributed by atoms with Gasteiger partial charge in [-0.25, -0.2) is 4.79 Å². The van der Waals surface area contributed by atoms with Gasteiger partial charge in [0.05, 0.1) is 11.0 Å². The zero-order chi connectivity index (χ0) is 14.3. The molecule has 20 heavy (non-hydrogen) atoms. The van der Waals surface area contributed by atoms with E-state index in [-0.39, 0.29) is 11.5 Å². The molecule has 3 rings (SSSR count). The Morgan fingerprint density at radius 2 is 1.80 bits per heavy atom. The van der Waals surface area contributed by atoms with Crippen molar-refractivity contribution in [1.82, 2.24) is 9.97 Å². The van der Waals surface area contributed by atoms with Gasteiger partial charge in [0.1, 0.15) is 0 Å². The highest BCUT2D eigenvalue weighted by Gasteiger charge is 2.14. The van der Waals surface area contributed by atoms with Crippen molar-refractivity contribution in [2.75, 3.05) is 0 Å². The van der Waals surface area contributed by atoms with Crippen LogP contribution in [0.25, 0.3) is 11.0 Å². The normalized spacial score (nSPS) is 10.9. The minimum Gasteiger partial charge on any atom is -0.306 e. The van der Waals surface area contributed by atoms with Crippen LogP contribution in [0, 0.1) is 0 Å². The number of imidazole rings is 1. The number of fused-ring (bicyclic) bond motifs is 1. The Hall–Kier alpha value is -1.85. The third kappa shape index (κ3) is 2.30. The molecule has 0 atom stereocenters. The zero-order valence-corrected chi connectivity index (χ0v) is 12.4. The van der Waals surface area contributed by atoms with Crippen molar-refractivity contribution in [3.8, 4) is 0 Å². The van der Waals surface area contributed by atoms with E-state index in [4.69, 9.17) is 11.6 Å². The number of hydrogen-bond donors (Lipinski definition) is 2. The van der Waals surface area contributed by atoms with Crippen LogP contribution in [-0.2, 0) is 0 Å². The van der Waals surface area contributed by atoms with Gasteiger partial charge in [-0.2, -0.15) is 0 Å². The average Bonchev–Trinajstić information content (AvgIpc) is 2.77. The second kappa shape index (κ2) is 4.92. The lowest BCUT2D eigenvalue weighted by molar-refractivity contribution is 0.103. The second-order valence-electron chi connectivity index (χ2n) is 4.29. The summed E-state index contributed by atoms with van der Waals surface area (Å²) in [5, 5.41) is 0.554. The first-order valence-electron chi connectivity index (χ1n) is 5.76. The van der Waals surface area contributed by atoms with Gasteiger partial charge < -0.3 is 9.97 Å². The fraction of sp³-hybridized carbons (Fsp3) is 0. The molecule has 1 heterocycles. The summed E-state index contributed by atoms with van der Waals surface area (Å²) in [7, 11) is 0. The van der Waals surface area contributed by atoms with Crippen LogP contribution in [0.1, 0.15) is 15.9 Å². The standard InChI is InChI=1S/C14H8BrClN2O2/c15-10-6-8(16)2-3-9(10)13(19)7-1-4-11-12(5-7)18-14(20)17-11/h1-6H,(H2,17,18,20). The Bertz CT molecular complexity index is 882. The Morgan fingerprint density at radius 3 is 2.55 bits per heavy atom. The van der Waals surface area contributed by atoms with E-state index in [9.17, 15) is 9.59 Å². The Labute approximate surface area is 126 Å². The molecular weight excluding hydrogens is 344 g/mol. The van der Waals surface area contributed by atoms with E-state index in [0.29, 0.717) is 31.7 Å². The number of benzene rings is 2. The summed E-state index contributed by atoms with van der Waals surface area (Å²) in [4.78, 5) is 28.9. The molecule has 0 aliphatic rings. The molecule has 0 fully saturated rings. The minimum atomic E-state index is -0.294. The van der Waals surface area contributed by atoms with Crippen molar-refractivity contribution < 1.29 is 4.79 Å². The van der Waals surface area contributed by atoms with Gasteiger partial charge in [0.2, 0.25) is 0 Å². The predicted molar refractivity (Wildman–Crippen MR) is 81.5 cm³/mol. The number of halogens is 2. The molecule has 3 aromatic rings. The fourth-order valence-corrected chi connectivity index (χ4v) is 2.87. The van der Waals surface area contributed by atoms with Crippen LogP contribution in [0.5, 0.6) is 0 Å².